The minimum atomic E-state index is -2.08. The number of carbonyl (C=O) groups is 3. The van der Waals surface area contributed by atoms with Gasteiger partial charge in [-0.2, -0.15) is 0 Å². The zero-order valence-electron chi connectivity index (χ0n) is 14.9. The van der Waals surface area contributed by atoms with Crippen molar-refractivity contribution < 1.29 is 34.1 Å². The second-order valence-electron chi connectivity index (χ2n) is 6.69. The van der Waals surface area contributed by atoms with Crippen LogP contribution >= 0.6 is 0 Å². The Morgan fingerprint density at radius 3 is 2.61 bits per heavy atom. The molecule has 11 heteroatoms. The molecule has 4 atom stereocenters. The van der Waals surface area contributed by atoms with E-state index in [4.69, 9.17) is 5.73 Å². The number of hydrogen-bond donors (Lipinski definition) is 7. The summed E-state index contributed by atoms with van der Waals surface area (Å²) in [7, 11) is 0. The normalized spacial score (nSPS) is 26.9. The molecule has 1 aromatic carbocycles. The minimum Gasteiger partial charge on any atom is -0.390 e. The highest BCUT2D eigenvalue weighted by Gasteiger charge is 2.49. The summed E-state index contributed by atoms with van der Waals surface area (Å²) in [5, 5.41) is 37.7. The number of halogens is 1. The van der Waals surface area contributed by atoms with Crippen LogP contribution < -0.4 is 21.7 Å². The van der Waals surface area contributed by atoms with Crippen LogP contribution in [0, 0.1) is 5.82 Å². The average molecular weight is 398 g/mol. The maximum atomic E-state index is 13.2. The van der Waals surface area contributed by atoms with Crippen molar-refractivity contribution in [2.45, 2.75) is 43.1 Å². The lowest BCUT2D eigenvalue weighted by Gasteiger charge is -2.41. The number of aliphatic hydroxyl groups is 3. The molecule has 1 aliphatic carbocycles. The highest BCUT2D eigenvalue weighted by atomic mass is 19.1. The SMILES string of the molecule is NC(=O)CCNC(=O)[C@@]1(O)C[C@@H](O)[C@H](O)[C@H](NC(=O)Nc2cccc(F)c2)C1. The smallest absolute Gasteiger partial charge is 0.319 e. The van der Waals surface area contributed by atoms with Crippen LogP contribution in [-0.2, 0) is 9.59 Å². The second kappa shape index (κ2) is 8.95. The van der Waals surface area contributed by atoms with E-state index in [9.17, 15) is 34.1 Å². The van der Waals surface area contributed by atoms with Gasteiger partial charge in [0.05, 0.1) is 12.1 Å². The van der Waals surface area contributed by atoms with Crippen LogP contribution in [0.15, 0.2) is 24.3 Å². The number of aliphatic hydroxyl groups excluding tert-OH is 2. The number of urea groups is 1. The van der Waals surface area contributed by atoms with Gasteiger partial charge in [-0.25, -0.2) is 9.18 Å². The zero-order valence-corrected chi connectivity index (χ0v) is 14.9. The molecule has 8 N–H and O–H groups in total. The van der Waals surface area contributed by atoms with Crippen molar-refractivity contribution in [1.82, 2.24) is 10.6 Å². The van der Waals surface area contributed by atoms with Crippen molar-refractivity contribution in [2.75, 3.05) is 11.9 Å². The van der Waals surface area contributed by atoms with E-state index in [0.29, 0.717) is 0 Å². The molecule has 0 aromatic heterocycles. The largest absolute Gasteiger partial charge is 0.390 e. The number of amides is 4. The number of anilines is 1. The first-order valence-electron chi connectivity index (χ1n) is 8.59. The Morgan fingerprint density at radius 1 is 1.25 bits per heavy atom. The Labute approximate surface area is 159 Å². The number of benzene rings is 1. The Bertz CT molecular complexity index is 748. The van der Waals surface area contributed by atoms with E-state index in [1.54, 1.807) is 0 Å². The van der Waals surface area contributed by atoms with Crippen molar-refractivity contribution >= 4 is 23.5 Å². The van der Waals surface area contributed by atoms with Crippen molar-refractivity contribution in [2.24, 2.45) is 5.73 Å². The average Bonchev–Trinajstić information content (AvgIpc) is 2.58. The van der Waals surface area contributed by atoms with E-state index >= 15 is 0 Å². The molecular formula is C17H23FN4O6. The lowest BCUT2D eigenvalue weighted by molar-refractivity contribution is -0.157. The number of hydrogen-bond acceptors (Lipinski definition) is 6. The molecule has 0 heterocycles. The maximum absolute atomic E-state index is 13.2. The van der Waals surface area contributed by atoms with E-state index in [1.807, 2.05) is 0 Å². The summed E-state index contributed by atoms with van der Waals surface area (Å²) in [4.78, 5) is 35.1. The summed E-state index contributed by atoms with van der Waals surface area (Å²) >= 11 is 0. The van der Waals surface area contributed by atoms with Crippen LogP contribution in [0.1, 0.15) is 19.3 Å². The van der Waals surface area contributed by atoms with Gasteiger partial charge in [0.25, 0.3) is 5.91 Å². The van der Waals surface area contributed by atoms with Crippen molar-refractivity contribution in [3.63, 3.8) is 0 Å². The molecule has 0 radical (unpaired) electrons. The monoisotopic (exact) mass is 398 g/mol. The van der Waals surface area contributed by atoms with Gasteiger partial charge in [0.15, 0.2) is 0 Å². The fourth-order valence-electron chi connectivity index (χ4n) is 2.99. The lowest BCUT2D eigenvalue weighted by Crippen LogP contribution is -2.63. The Kier molecular flexibility index (Phi) is 6.89. The molecule has 1 fully saturated rings. The molecule has 10 nitrogen and oxygen atoms in total. The zero-order chi connectivity index (χ0) is 20.9. The van der Waals surface area contributed by atoms with Crippen LogP contribution in [0.3, 0.4) is 0 Å². The molecule has 0 spiro atoms. The van der Waals surface area contributed by atoms with Crippen molar-refractivity contribution in [3.05, 3.63) is 30.1 Å². The van der Waals surface area contributed by atoms with E-state index < -0.39 is 53.9 Å². The number of nitrogens with one attached hydrogen (secondary N) is 3. The topological polar surface area (TPSA) is 174 Å². The van der Waals surface area contributed by atoms with Crippen LogP contribution in [0.5, 0.6) is 0 Å². The van der Waals surface area contributed by atoms with Gasteiger partial charge in [-0.1, -0.05) is 6.07 Å². The molecule has 0 aliphatic heterocycles. The number of rotatable bonds is 6. The van der Waals surface area contributed by atoms with E-state index in [-0.39, 0.29) is 25.1 Å². The first-order valence-corrected chi connectivity index (χ1v) is 8.59. The van der Waals surface area contributed by atoms with Gasteiger partial charge in [0.1, 0.15) is 17.5 Å². The van der Waals surface area contributed by atoms with Crippen molar-refractivity contribution in [3.8, 4) is 0 Å². The molecule has 0 unspecified atom stereocenters. The fourth-order valence-corrected chi connectivity index (χ4v) is 2.99. The third-order valence-electron chi connectivity index (χ3n) is 4.39. The van der Waals surface area contributed by atoms with Crippen LogP contribution in [0.2, 0.25) is 0 Å². The van der Waals surface area contributed by atoms with E-state index in [1.165, 1.54) is 18.2 Å². The summed E-state index contributed by atoms with van der Waals surface area (Å²) in [6.07, 6.45) is -3.90. The Morgan fingerprint density at radius 2 is 1.96 bits per heavy atom. The van der Waals surface area contributed by atoms with Crippen LogP contribution in [0.25, 0.3) is 0 Å². The van der Waals surface area contributed by atoms with Gasteiger partial charge < -0.3 is 37.0 Å². The van der Waals surface area contributed by atoms with E-state index in [2.05, 4.69) is 16.0 Å². The quantitative estimate of drug-likeness (QED) is 0.309. The molecule has 2 rings (SSSR count). The fraction of sp³-hybridized carbons (Fsp3) is 0.471. The first kappa shape index (κ1) is 21.5. The summed E-state index contributed by atoms with van der Waals surface area (Å²) < 4.78 is 13.2. The minimum absolute atomic E-state index is 0.104. The molecule has 0 bridgehead atoms. The molecule has 4 amide bonds. The predicted molar refractivity (Wildman–Crippen MR) is 95.4 cm³/mol. The highest BCUT2D eigenvalue weighted by Crippen LogP contribution is 2.29. The summed E-state index contributed by atoms with van der Waals surface area (Å²) in [5.74, 6) is -2.06. The predicted octanol–water partition coefficient (Wildman–Crippen LogP) is -1.45. The Hall–Kier alpha value is -2.76. The molecule has 1 aromatic rings. The maximum Gasteiger partial charge on any atom is 0.319 e. The molecule has 0 saturated heterocycles. The van der Waals surface area contributed by atoms with Gasteiger partial charge in [0.2, 0.25) is 5.91 Å². The molecule has 1 saturated carbocycles. The first-order chi connectivity index (χ1) is 13.1. The Balaban J connectivity index is 2.01. The van der Waals surface area contributed by atoms with Gasteiger partial charge in [-0.3, -0.25) is 9.59 Å². The third-order valence-corrected chi connectivity index (χ3v) is 4.39. The van der Waals surface area contributed by atoms with Gasteiger partial charge in [-0.15, -0.1) is 0 Å². The second-order valence-corrected chi connectivity index (χ2v) is 6.69. The summed E-state index contributed by atoms with van der Waals surface area (Å²) in [5.41, 5.74) is 3.06. The molecule has 1 aliphatic rings. The standard InChI is InChI=1S/C17H23FN4O6/c18-9-2-1-3-10(6-9)21-16(27)22-11-7-17(28,8-12(23)14(11)25)15(26)20-5-4-13(19)24/h1-3,6,11-12,14,23,25,28H,4-5,7-8H2,(H2,19,24)(H,20,26)(H2,21,22,27)/t11-,12-,14-,17+/m1/s1. The van der Waals surface area contributed by atoms with Gasteiger partial charge in [-0.05, 0) is 18.2 Å². The number of nitrogens with two attached hydrogens (primary N) is 1. The third kappa shape index (κ3) is 5.62. The van der Waals surface area contributed by atoms with Crippen LogP contribution in [0.4, 0.5) is 14.9 Å². The molecular weight excluding hydrogens is 375 g/mol. The van der Waals surface area contributed by atoms with Gasteiger partial charge in [0, 0.05) is 31.5 Å². The number of carbonyl (C=O) groups excluding carboxylic acids is 3. The molecule has 154 valence electrons. The number of primary amides is 1. The van der Waals surface area contributed by atoms with Gasteiger partial charge >= 0.3 is 6.03 Å². The lowest BCUT2D eigenvalue weighted by atomic mass is 9.77. The summed E-state index contributed by atoms with van der Waals surface area (Å²) in [6, 6.07) is 3.12. The summed E-state index contributed by atoms with van der Waals surface area (Å²) in [6.45, 7) is -0.104. The van der Waals surface area contributed by atoms with Crippen molar-refractivity contribution in [1.29, 1.82) is 0 Å². The molecule has 28 heavy (non-hydrogen) atoms. The highest BCUT2D eigenvalue weighted by molar-refractivity contribution is 5.90. The van der Waals surface area contributed by atoms with E-state index in [0.717, 1.165) is 6.07 Å². The van der Waals surface area contributed by atoms with Crippen LogP contribution in [-0.4, -0.2) is 63.6 Å².